The Balaban J connectivity index is 2.01. The van der Waals surface area contributed by atoms with Crippen molar-refractivity contribution in [2.24, 2.45) is 0 Å². The molecule has 0 amide bonds. The van der Waals surface area contributed by atoms with Crippen LogP contribution in [0, 0.1) is 0 Å². The lowest BCUT2D eigenvalue weighted by Gasteiger charge is -2.17. The van der Waals surface area contributed by atoms with Gasteiger partial charge >= 0.3 is 5.97 Å². The molecular formula is C17H22O4. The summed E-state index contributed by atoms with van der Waals surface area (Å²) in [6.07, 6.45) is 5.50. The van der Waals surface area contributed by atoms with E-state index in [4.69, 9.17) is 14.2 Å². The van der Waals surface area contributed by atoms with Crippen LogP contribution in [0.25, 0.3) is 0 Å². The maximum atomic E-state index is 11.9. The Labute approximate surface area is 125 Å². The molecule has 0 bridgehead atoms. The van der Waals surface area contributed by atoms with Gasteiger partial charge in [-0.25, -0.2) is 0 Å². The highest BCUT2D eigenvalue weighted by Gasteiger charge is 2.20. The van der Waals surface area contributed by atoms with Gasteiger partial charge in [-0.05, 0) is 24.1 Å². The highest BCUT2D eigenvalue weighted by Crippen LogP contribution is 2.35. The van der Waals surface area contributed by atoms with Crippen molar-refractivity contribution in [3.63, 3.8) is 0 Å². The van der Waals surface area contributed by atoms with Gasteiger partial charge < -0.3 is 14.2 Å². The molecule has 114 valence electrons. The predicted molar refractivity (Wildman–Crippen MR) is 80.4 cm³/mol. The first kappa shape index (κ1) is 15.4. The first-order valence-electron chi connectivity index (χ1n) is 7.44. The van der Waals surface area contributed by atoms with E-state index < -0.39 is 0 Å². The number of rotatable bonds is 8. The van der Waals surface area contributed by atoms with Gasteiger partial charge in [0, 0.05) is 12.8 Å². The summed E-state index contributed by atoms with van der Waals surface area (Å²) in [5.74, 6) is 1.27. The van der Waals surface area contributed by atoms with Gasteiger partial charge in [0.1, 0.15) is 6.10 Å². The monoisotopic (exact) mass is 290 g/mol. The van der Waals surface area contributed by atoms with E-state index in [-0.39, 0.29) is 18.9 Å². The van der Waals surface area contributed by atoms with Crippen molar-refractivity contribution in [3.05, 3.63) is 36.4 Å². The summed E-state index contributed by atoms with van der Waals surface area (Å²) in [6, 6.07) is 5.62. The van der Waals surface area contributed by atoms with Crippen LogP contribution < -0.4 is 9.47 Å². The number of hydrogen-bond acceptors (Lipinski definition) is 4. The molecule has 0 aromatic heterocycles. The minimum absolute atomic E-state index is 0.159. The number of ether oxygens (including phenoxy) is 3. The zero-order valence-corrected chi connectivity index (χ0v) is 12.5. The van der Waals surface area contributed by atoms with Crippen LogP contribution in [0.5, 0.6) is 11.5 Å². The molecule has 1 aliphatic rings. The van der Waals surface area contributed by atoms with Gasteiger partial charge in [-0.3, -0.25) is 4.79 Å². The van der Waals surface area contributed by atoms with Crippen LogP contribution in [0.2, 0.25) is 0 Å². The number of carbonyl (C=O) groups is 1. The maximum absolute atomic E-state index is 11.9. The molecular weight excluding hydrogens is 268 g/mol. The van der Waals surface area contributed by atoms with Gasteiger partial charge in [0.25, 0.3) is 0 Å². The number of unbranched alkanes of at least 4 members (excludes halogenated alkanes) is 2. The Morgan fingerprint density at radius 2 is 2.19 bits per heavy atom. The summed E-state index contributed by atoms with van der Waals surface area (Å²) in [4.78, 5) is 11.9. The smallest absolute Gasteiger partial charge is 0.306 e. The van der Waals surface area contributed by atoms with Crippen molar-refractivity contribution >= 4 is 5.97 Å². The molecule has 4 heteroatoms. The van der Waals surface area contributed by atoms with Crippen LogP contribution in [0.3, 0.4) is 0 Å². The average molecular weight is 290 g/mol. The summed E-state index contributed by atoms with van der Waals surface area (Å²) < 4.78 is 16.2. The molecule has 21 heavy (non-hydrogen) atoms. The normalized spacial score (nSPS) is 13.8. The van der Waals surface area contributed by atoms with Crippen molar-refractivity contribution in [3.8, 4) is 11.5 Å². The van der Waals surface area contributed by atoms with Crippen LogP contribution in [0.15, 0.2) is 30.9 Å². The quantitative estimate of drug-likeness (QED) is 0.410. The molecule has 0 spiro atoms. The molecule has 0 radical (unpaired) electrons. The fourth-order valence-electron chi connectivity index (χ4n) is 2.25. The minimum atomic E-state index is -0.314. The lowest BCUT2D eigenvalue weighted by atomic mass is 10.1. The Morgan fingerprint density at radius 1 is 1.38 bits per heavy atom. The summed E-state index contributed by atoms with van der Waals surface area (Å²) in [5, 5.41) is 0. The van der Waals surface area contributed by atoms with Gasteiger partial charge in [-0.15, -0.1) is 6.58 Å². The second kappa shape index (κ2) is 7.72. The summed E-state index contributed by atoms with van der Waals surface area (Å²) in [7, 11) is 0. The summed E-state index contributed by atoms with van der Waals surface area (Å²) in [6.45, 7) is 6.08. The maximum Gasteiger partial charge on any atom is 0.306 e. The Hall–Kier alpha value is -1.97. The summed E-state index contributed by atoms with van der Waals surface area (Å²) in [5.41, 5.74) is 0.906. The molecule has 0 N–H and O–H groups in total. The van der Waals surface area contributed by atoms with E-state index in [0.29, 0.717) is 18.6 Å². The minimum Gasteiger partial charge on any atom is -0.457 e. The zero-order valence-electron chi connectivity index (χ0n) is 12.5. The van der Waals surface area contributed by atoms with Crippen molar-refractivity contribution in [1.29, 1.82) is 0 Å². The number of benzene rings is 1. The third kappa shape index (κ3) is 4.25. The zero-order chi connectivity index (χ0) is 15.1. The second-order valence-electron chi connectivity index (χ2n) is 5.07. The van der Waals surface area contributed by atoms with E-state index in [9.17, 15) is 4.79 Å². The lowest BCUT2D eigenvalue weighted by molar-refractivity contribution is -0.149. The lowest BCUT2D eigenvalue weighted by Crippen LogP contribution is -2.11. The molecule has 0 saturated carbocycles. The van der Waals surface area contributed by atoms with Gasteiger partial charge in [0.2, 0.25) is 6.79 Å². The first-order valence-corrected chi connectivity index (χ1v) is 7.44. The van der Waals surface area contributed by atoms with Crippen molar-refractivity contribution < 1.29 is 19.0 Å². The summed E-state index contributed by atoms with van der Waals surface area (Å²) >= 11 is 0. The molecule has 1 aromatic carbocycles. The van der Waals surface area contributed by atoms with Crippen LogP contribution in [0.1, 0.15) is 50.7 Å². The Morgan fingerprint density at radius 3 is 2.95 bits per heavy atom. The molecule has 1 aromatic rings. The number of carbonyl (C=O) groups excluding carboxylic acids is 1. The van der Waals surface area contributed by atoms with Gasteiger partial charge in [-0.1, -0.05) is 31.9 Å². The van der Waals surface area contributed by atoms with Gasteiger partial charge in [0.05, 0.1) is 0 Å². The average Bonchev–Trinajstić information content (AvgIpc) is 2.94. The van der Waals surface area contributed by atoms with E-state index in [0.717, 1.165) is 30.6 Å². The number of fused-ring (bicyclic) bond motifs is 1. The molecule has 0 fully saturated rings. The van der Waals surface area contributed by atoms with Crippen molar-refractivity contribution in [1.82, 2.24) is 0 Å². The Kier molecular flexibility index (Phi) is 5.67. The standard InChI is InChI=1S/C17H22O4/c1-3-5-6-8-17(18)21-14(7-4-2)13-9-10-15-16(11-13)20-12-19-15/h4,9-11,14H,2-3,5-8,12H2,1H3. The van der Waals surface area contributed by atoms with E-state index in [2.05, 4.69) is 13.5 Å². The number of hydrogen-bond donors (Lipinski definition) is 0. The van der Waals surface area contributed by atoms with E-state index in [1.54, 1.807) is 6.08 Å². The fraction of sp³-hybridized carbons (Fsp3) is 0.471. The highest BCUT2D eigenvalue weighted by atomic mass is 16.7. The number of esters is 1. The largest absolute Gasteiger partial charge is 0.457 e. The molecule has 1 heterocycles. The highest BCUT2D eigenvalue weighted by molar-refractivity contribution is 5.69. The van der Waals surface area contributed by atoms with Gasteiger partial charge in [-0.2, -0.15) is 0 Å². The molecule has 4 nitrogen and oxygen atoms in total. The van der Waals surface area contributed by atoms with E-state index in [1.807, 2.05) is 18.2 Å². The molecule has 2 rings (SSSR count). The van der Waals surface area contributed by atoms with Crippen LogP contribution in [-0.2, 0) is 9.53 Å². The van der Waals surface area contributed by atoms with E-state index >= 15 is 0 Å². The fourth-order valence-corrected chi connectivity index (χ4v) is 2.25. The molecule has 0 saturated heterocycles. The van der Waals surface area contributed by atoms with Crippen LogP contribution >= 0.6 is 0 Å². The topological polar surface area (TPSA) is 44.8 Å². The third-order valence-electron chi connectivity index (χ3n) is 3.41. The molecule has 1 unspecified atom stereocenters. The SMILES string of the molecule is C=CCC(OC(=O)CCCCC)c1ccc2c(c1)OCO2. The van der Waals surface area contributed by atoms with E-state index in [1.165, 1.54) is 0 Å². The van der Waals surface area contributed by atoms with Crippen molar-refractivity contribution in [2.45, 2.75) is 45.1 Å². The van der Waals surface area contributed by atoms with Gasteiger partial charge in [0.15, 0.2) is 11.5 Å². The third-order valence-corrected chi connectivity index (χ3v) is 3.41. The molecule has 1 aliphatic heterocycles. The van der Waals surface area contributed by atoms with Crippen LogP contribution in [0.4, 0.5) is 0 Å². The predicted octanol–water partition coefficient (Wildman–Crippen LogP) is 4.16. The first-order chi connectivity index (χ1) is 10.2. The molecule has 0 aliphatic carbocycles. The second-order valence-corrected chi connectivity index (χ2v) is 5.07. The van der Waals surface area contributed by atoms with Crippen LogP contribution in [-0.4, -0.2) is 12.8 Å². The van der Waals surface area contributed by atoms with Crippen molar-refractivity contribution in [2.75, 3.05) is 6.79 Å². The molecule has 1 atom stereocenters. The Bertz CT molecular complexity index is 496.